The van der Waals surface area contributed by atoms with Crippen LogP contribution in [0, 0.1) is 0 Å². The first-order chi connectivity index (χ1) is 11.3. The molecule has 0 bridgehead atoms. The molecular weight excluding hydrogens is 319 g/mol. The van der Waals surface area contributed by atoms with Gasteiger partial charge in [-0.3, -0.25) is 4.79 Å². The maximum absolute atomic E-state index is 14.4. The Morgan fingerprint density at radius 1 is 1.00 bits per heavy atom. The van der Waals surface area contributed by atoms with Gasteiger partial charge in [-0.25, -0.2) is 0 Å². The van der Waals surface area contributed by atoms with Crippen LogP contribution in [0.15, 0.2) is 60.7 Å². The van der Waals surface area contributed by atoms with Gasteiger partial charge in [-0.15, -0.1) is 0 Å². The Bertz CT molecular complexity index is 718. The molecule has 128 valence electrons. The highest BCUT2D eigenvalue weighted by molar-refractivity contribution is 7.73. The first-order valence-electron chi connectivity index (χ1n) is 8.08. The number of rotatable bonds is 5. The summed E-state index contributed by atoms with van der Waals surface area (Å²) >= 11 is 0. The predicted molar refractivity (Wildman–Crippen MR) is 99.3 cm³/mol. The van der Waals surface area contributed by atoms with Crippen molar-refractivity contribution in [3.05, 3.63) is 66.2 Å². The second-order valence-electron chi connectivity index (χ2n) is 6.87. The molecule has 0 saturated heterocycles. The number of ether oxygens (including phenoxy) is 1. The zero-order valence-corrected chi connectivity index (χ0v) is 15.6. The molecule has 2 atom stereocenters. The summed E-state index contributed by atoms with van der Waals surface area (Å²) in [6.45, 7) is 5.94. The Labute approximate surface area is 144 Å². The van der Waals surface area contributed by atoms with Gasteiger partial charge in [0.25, 0.3) is 0 Å². The normalized spacial score (nSPS) is 15.3. The number of methoxy groups -OCH3 is 1. The Balaban J connectivity index is 2.66. The van der Waals surface area contributed by atoms with Gasteiger partial charge < -0.3 is 9.30 Å². The zero-order valence-electron chi connectivity index (χ0n) is 14.7. The van der Waals surface area contributed by atoms with Crippen molar-refractivity contribution in [3.8, 4) is 0 Å². The summed E-state index contributed by atoms with van der Waals surface area (Å²) in [6, 6.07) is 19.1. The molecule has 2 aromatic rings. The summed E-state index contributed by atoms with van der Waals surface area (Å²) in [4.78, 5) is 12.1. The third kappa shape index (κ3) is 3.62. The molecule has 0 amide bonds. The monoisotopic (exact) mass is 344 g/mol. The van der Waals surface area contributed by atoms with Gasteiger partial charge in [0.15, 0.2) is 0 Å². The Hall–Kier alpha value is -1.86. The average Bonchev–Trinajstić information content (AvgIpc) is 2.59. The summed E-state index contributed by atoms with van der Waals surface area (Å²) in [5.41, 5.74) is 0.499. The summed E-state index contributed by atoms with van der Waals surface area (Å²) in [7, 11) is -1.59. The van der Waals surface area contributed by atoms with Crippen molar-refractivity contribution in [3.63, 3.8) is 0 Å². The molecule has 0 fully saturated rings. The maximum atomic E-state index is 14.4. The SMILES string of the molecule is COC(=O)C[C@H](c1ccccc1)[P@@](=O)(c1ccccc1)C(C)(C)C. The van der Waals surface area contributed by atoms with Crippen molar-refractivity contribution in [1.29, 1.82) is 0 Å². The fourth-order valence-electron chi connectivity index (χ4n) is 3.06. The highest BCUT2D eigenvalue weighted by Gasteiger charge is 2.46. The largest absolute Gasteiger partial charge is 0.469 e. The number of carbonyl (C=O) groups is 1. The minimum Gasteiger partial charge on any atom is -0.469 e. The molecule has 4 heteroatoms. The van der Waals surface area contributed by atoms with Gasteiger partial charge in [-0.05, 0) is 5.56 Å². The van der Waals surface area contributed by atoms with E-state index in [9.17, 15) is 9.36 Å². The predicted octanol–water partition coefficient (Wildman–Crippen LogP) is 4.78. The van der Waals surface area contributed by atoms with E-state index >= 15 is 0 Å². The van der Waals surface area contributed by atoms with E-state index < -0.39 is 18.0 Å². The van der Waals surface area contributed by atoms with Crippen LogP contribution in [0.5, 0.6) is 0 Å². The number of hydrogen-bond donors (Lipinski definition) is 0. The molecule has 0 radical (unpaired) electrons. The van der Waals surface area contributed by atoms with E-state index in [0.717, 1.165) is 10.9 Å². The van der Waals surface area contributed by atoms with Crippen LogP contribution in [0.3, 0.4) is 0 Å². The molecular formula is C20H25O3P. The number of esters is 1. The Kier molecular flexibility index (Phi) is 5.66. The van der Waals surface area contributed by atoms with Gasteiger partial charge in [0.2, 0.25) is 0 Å². The molecule has 0 aromatic heterocycles. The zero-order chi connectivity index (χ0) is 17.8. The van der Waals surface area contributed by atoms with Crippen LogP contribution >= 0.6 is 7.14 Å². The number of benzene rings is 2. The lowest BCUT2D eigenvalue weighted by Crippen LogP contribution is -2.28. The summed E-state index contributed by atoms with van der Waals surface area (Å²) in [5.74, 6) is -0.343. The van der Waals surface area contributed by atoms with E-state index in [1.807, 2.05) is 81.4 Å². The minimum atomic E-state index is -2.96. The second kappa shape index (κ2) is 7.36. The Morgan fingerprint density at radius 3 is 1.96 bits per heavy atom. The number of hydrogen-bond acceptors (Lipinski definition) is 3. The summed E-state index contributed by atoms with van der Waals surface area (Å²) in [5, 5.41) is 0.318. The lowest BCUT2D eigenvalue weighted by atomic mass is 10.1. The van der Waals surface area contributed by atoms with Crippen molar-refractivity contribution in [2.45, 2.75) is 38.0 Å². The standard InChI is InChI=1S/C20H25O3P/c1-20(2,3)24(22,17-13-9-6-10-14-17)18(15-19(21)23-4)16-11-7-5-8-12-16/h5-14,18H,15H2,1-4H3/t18-,24+/m1/s1. The van der Waals surface area contributed by atoms with Crippen LogP contribution in [-0.2, 0) is 14.1 Å². The molecule has 0 aliphatic rings. The summed E-state index contributed by atoms with van der Waals surface area (Å²) < 4.78 is 19.3. The third-order valence-electron chi connectivity index (χ3n) is 4.35. The van der Waals surface area contributed by atoms with Crippen LogP contribution in [-0.4, -0.2) is 18.2 Å². The number of carbonyl (C=O) groups excluding carboxylic acids is 1. The molecule has 2 aromatic carbocycles. The molecule has 0 aliphatic heterocycles. The second-order valence-corrected chi connectivity index (χ2v) is 10.7. The van der Waals surface area contributed by atoms with Gasteiger partial charge >= 0.3 is 5.97 Å². The van der Waals surface area contributed by atoms with Crippen molar-refractivity contribution < 1.29 is 14.1 Å². The van der Waals surface area contributed by atoms with E-state index in [2.05, 4.69) is 0 Å². The van der Waals surface area contributed by atoms with Crippen molar-refractivity contribution in [2.24, 2.45) is 0 Å². The minimum absolute atomic E-state index is 0.101. The topological polar surface area (TPSA) is 43.4 Å². The fourth-order valence-corrected chi connectivity index (χ4v) is 6.74. The lowest BCUT2D eigenvalue weighted by molar-refractivity contribution is -0.140. The van der Waals surface area contributed by atoms with E-state index in [4.69, 9.17) is 4.74 Å². The Morgan fingerprint density at radius 2 is 1.50 bits per heavy atom. The van der Waals surface area contributed by atoms with E-state index in [-0.39, 0.29) is 12.4 Å². The van der Waals surface area contributed by atoms with Crippen molar-refractivity contribution >= 4 is 18.4 Å². The molecule has 0 aliphatic carbocycles. The van der Waals surface area contributed by atoms with Gasteiger partial charge in [-0.1, -0.05) is 81.4 Å². The van der Waals surface area contributed by atoms with Gasteiger partial charge in [0, 0.05) is 10.5 Å². The summed E-state index contributed by atoms with van der Waals surface area (Å²) in [6.07, 6.45) is 0.101. The first kappa shape index (κ1) is 18.5. The molecule has 0 spiro atoms. The van der Waals surface area contributed by atoms with Gasteiger partial charge in [-0.2, -0.15) is 0 Å². The maximum Gasteiger partial charge on any atom is 0.306 e. The smallest absolute Gasteiger partial charge is 0.306 e. The molecule has 0 unspecified atom stereocenters. The fraction of sp³-hybridized carbons (Fsp3) is 0.350. The van der Waals surface area contributed by atoms with Gasteiger partial charge in [0.1, 0.15) is 7.14 Å². The third-order valence-corrected chi connectivity index (χ3v) is 8.76. The van der Waals surface area contributed by atoms with Crippen LogP contribution < -0.4 is 5.30 Å². The van der Waals surface area contributed by atoms with E-state index in [1.165, 1.54) is 7.11 Å². The molecule has 0 heterocycles. The van der Waals surface area contributed by atoms with Crippen molar-refractivity contribution in [1.82, 2.24) is 0 Å². The highest BCUT2D eigenvalue weighted by atomic mass is 31.2. The molecule has 3 nitrogen and oxygen atoms in total. The van der Waals surface area contributed by atoms with Crippen LogP contribution in [0.25, 0.3) is 0 Å². The quantitative estimate of drug-likeness (QED) is 0.579. The molecule has 0 saturated carbocycles. The van der Waals surface area contributed by atoms with Crippen molar-refractivity contribution in [2.75, 3.05) is 7.11 Å². The van der Waals surface area contributed by atoms with Crippen LogP contribution in [0.1, 0.15) is 38.4 Å². The van der Waals surface area contributed by atoms with E-state index in [0.29, 0.717) is 0 Å². The molecule has 0 N–H and O–H groups in total. The average molecular weight is 344 g/mol. The van der Waals surface area contributed by atoms with E-state index in [1.54, 1.807) is 0 Å². The lowest BCUT2D eigenvalue weighted by Gasteiger charge is -2.38. The first-order valence-corrected chi connectivity index (χ1v) is 9.85. The van der Waals surface area contributed by atoms with Gasteiger partial charge in [0.05, 0.1) is 19.2 Å². The van der Waals surface area contributed by atoms with Crippen LogP contribution in [0.2, 0.25) is 0 Å². The molecule has 2 rings (SSSR count). The highest BCUT2D eigenvalue weighted by Crippen LogP contribution is 2.67. The van der Waals surface area contributed by atoms with Crippen LogP contribution in [0.4, 0.5) is 0 Å². The molecule has 24 heavy (non-hydrogen) atoms.